The van der Waals surface area contributed by atoms with Crippen molar-refractivity contribution < 1.29 is 24.2 Å². The summed E-state index contributed by atoms with van der Waals surface area (Å²) < 4.78 is 11.6. The number of carboxylic acid groups (broad SMARTS) is 1. The third kappa shape index (κ3) is 7.23. The monoisotopic (exact) mass is 462 g/mol. The molecular formula is C21H23BrN2O5. The van der Waals surface area contributed by atoms with E-state index < -0.39 is 18.5 Å². The van der Waals surface area contributed by atoms with Crippen molar-refractivity contribution in [3.8, 4) is 11.5 Å². The summed E-state index contributed by atoms with van der Waals surface area (Å²) in [5, 5.41) is 12.6. The van der Waals surface area contributed by atoms with Gasteiger partial charge in [0.1, 0.15) is 11.5 Å². The quantitative estimate of drug-likeness (QED) is 0.435. The van der Waals surface area contributed by atoms with Crippen molar-refractivity contribution in [2.75, 3.05) is 13.2 Å². The highest BCUT2D eigenvalue weighted by atomic mass is 79.9. The summed E-state index contributed by atoms with van der Waals surface area (Å²) >= 11 is 3.33. The number of benzene rings is 2. The Labute approximate surface area is 177 Å². The molecule has 0 spiro atoms. The summed E-state index contributed by atoms with van der Waals surface area (Å²) in [6, 6.07) is 11.0. The molecule has 8 heteroatoms. The van der Waals surface area contributed by atoms with E-state index in [0.29, 0.717) is 23.0 Å². The molecule has 29 heavy (non-hydrogen) atoms. The first kappa shape index (κ1) is 22.4. The van der Waals surface area contributed by atoms with Crippen LogP contribution in [-0.4, -0.2) is 36.4 Å². The second-order valence-electron chi connectivity index (χ2n) is 6.63. The molecule has 0 radical (unpaired) electrons. The van der Waals surface area contributed by atoms with Gasteiger partial charge in [0.25, 0.3) is 5.91 Å². The van der Waals surface area contributed by atoms with Crippen LogP contribution in [0.4, 0.5) is 0 Å². The number of rotatable bonds is 9. The predicted molar refractivity (Wildman–Crippen MR) is 114 cm³/mol. The topological polar surface area (TPSA) is 97.2 Å². The van der Waals surface area contributed by atoms with Gasteiger partial charge in [0.2, 0.25) is 0 Å². The summed E-state index contributed by atoms with van der Waals surface area (Å²) in [6.07, 6.45) is 1.38. The summed E-state index contributed by atoms with van der Waals surface area (Å²) in [5.41, 5.74) is 4.98. The molecule has 7 nitrogen and oxygen atoms in total. The first-order chi connectivity index (χ1) is 13.8. The number of aryl methyl sites for hydroxylation is 1. The number of amides is 1. The Morgan fingerprint density at radius 3 is 2.55 bits per heavy atom. The number of carbonyl (C=O) groups excluding carboxylic acids is 1. The molecule has 0 aliphatic carbocycles. The molecule has 0 bridgehead atoms. The van der Waals surface area contributed by atoms with E-state index in [4.69, 9.17) is 14.6 Å². The lowest BCUT2D eigenvalue weighted by molar-refractivity contribution is -0.139. The molecule has 0 atom stereocenters. The lowest BCUT2D eigenvalue weighted by Gasteiger charge is -2.12. The molecule has 2 aromatic rings. The van der Waals surface area contributed by atoms with Crippen LogP contribution in [0.2, 0.25) is 0 Å². The normalized spacial score (nSPS) is 10.9. The molecule has 0 unspecified atom stereocenters. The molecule has 0 fully saturated rings. The molecule has 2 aromatic carbocycles. The zero-order valence-corrected chi connectivity index (χ0v) is 18.0. The summed E-state index contributed by atoms with van der Waals surface area (Å²) in [6.45, 7) is 5.44. The van der Waals surface area contributed by atoms with Gasteiger partial charge in [-0.15, -0.1) is 0 Å². The van der Waals surface area contributed by atoms with Crippen LogP contribution in [0.1, 0.15) is 36.5 Å². The Kier molecular flexibility index (Phi) is 8.21. The molecule has 2 N–H and O–H groups in total. The van der Waals surface area contributed by atoms with Gasteiger partial charge in [0.15, 0.2) is 13.2 Å². The number of ether oxygens (including phenoxy) is 2. The van der Waals surface area contributed by atoms with Gasteiger partial charge in [-0.3, -0.25) is 4.79 Å². The number of nitrogens with zero attached hydrogens (tertiary/aromatic N) is 1. The number of hydrazone groups is 1. The van der Waals surface area contributed by atoms with Crippen LogP contribution in [0, 0.1) is 6.92 Å². The van der Waals surface area contributed by atoms with Crippen molar-refractivity contribution in [3.05, 3.63) is 57.6 Å². The minimum Gasteiger partial charge on any atom is -0.483 e. The average molecular weight is 463 g/mol. The molecule has 0 saturated carbocycles. The van der Waals surface area contributed by atoms with Crippen molar-refractivity contribution in [1.82, 2.24) is 5.43 Å². The van der Waals surface area contributed by atoms with Gasteiger partial charge in [-0.2, -0.15) is 5.10 Å². The van der Waals surface area contributed by atoms with Gasteiger partial charge in [-0.25, -0.2) is 10.2 Å². The van der Waals surface area contributed by atoms with Crippen LogP contribution in [0.3, 0.4) is 0 Å². The van der Waals surface area contributed by atoms with Gasteiger partial charge in [0, 0.05) is 10.0 Å². The highest BCUT2D eigenvalue weighted by Crippen LogP contribution is 2.24. The molecule has 0 aromatic heterocycles. The SMILES string of the molecule is Cc1ccc(C(C)C)cc1OCC(=O)N/N=C/c1cc(Br)ccc1OCC(=O)O. The van der Waals surface area contributed by atoms with Gasteiger partial charge < -0.3 is 14.6 Å². The molecule has 2 rings (SSSR count). The van der Waals surface area contributed by atoms with Crippen LogP contribution >= 0.6 is 15.9 Å². The highest BCUT2D eigenvalue weighted by Gasteiger charge is 2.08. The molecule has 0 saturated heterocycles. The Morgan fingerprint density at radius 1 is 1.14 bits per heavy atom. The van der Waals surface area contributed by atoms with E-state index >= 15 is 0 Å². The van der Waals surface area contributed by atoms with Crippen LogP contribution in [-0.2, 0) is 9.59 Å². The zero-order valence-electron chi connectivity index (χ0n) is 16.4. The maximum absolute atomic E-state index is 12.0. The Bertz CT molecular complexity index is 912. The van der Waals surface area contributed by atoms with Gasteiger partial charge in [0.05, 0.1) is 6.21 Å². The smallest absolute Gasteiger partial charge is 0.341 e. The Morgan fingerprint density at radius 2 is 1.86 bits per heavy atom. The molecule has 0 aliphatic rings. The number of halogens is 1. The van der Waals surface area contributed by atoms with Crippen molar-refractivity contribution in [2.24, 2.45) is 5.10 Å². The third-order valence-electron chi connectivity index (χ3n) is 3.95. The number of hydrogen-bond donors (Lipinski definition) is 2. The second-order valence-corrected chi connectivity index (χ2v) is 7.54. The van der Waals surface area contributed by atoms with Crippen LogP contribution in [0.15, 0.2) is 46.0 Å². The van der Waals surface area contributed by atoms with Gasteiger partial charge >= 0.3 is 5.97 Å². The lowest BCUT2D eigenvalue weighted by atomic mass is 10.0. The fourth-order valence-electron chi connectivity index (χ4n) is 2.37. The first-order valence-corrected chi connectivity index (χ1v) is 9.75. The molecule has 1 amide bonds. The number of aliphatic carboxylic acids is 1. The van der Waals surface area contributed by atoms with Crippen molar-refractivity contribution in [2.45, 2.75) is 26.7 Å². The van der Waals surface area contributed by atoms with Crippen LogP contribution < -0.4 is 14.9 Å². The summed E-state index contributed by atoms with van der Waals surface area (Å²) in [7, 11) is 0. The summed E-state index contributed by atoms with van der Waals surface area (Å²) in [5.74, 6) is -0.145. The Balaban J connectivity index is 1.96. The van der Waals surface area contributed by atoms with E-state index in [1.165, 1.54) is 6.21 Å². The molecule has 154 valence electrons. The minimum absolute atomic E-state index is 0.180. The van der Waals surface area contributed by atoms with E-state index in [1.807, 2.05) is 25.1 Å². The van der Waals surface area contributed by atoms with Gasteiger partial charge in [-0.05, 0) is 48.2 Å². The number of carbonyl (C=O) groups is 2. The maximum atomic E-state index is 12.0. The second kappa shape index (κ2) is 10.6. The highest BCUT2D eigenvalue weighted by molar-refractivity contribution is 9.10. The largest absolute Gasteiger partial charge is 0.483 e. The lowest BCUT2D eigenvalue weighted by Crippen LogP contribution is -2.24. The minimum atomic E-state index is -1.09. The van der Waals surface area contributed by atoms with E-state index in [-0.39, 0.29) is 6.61 Å². The Hall–Kier alpha value is -2.87. The van der Waals surface area contributed by atoms with Crippen molar-refractivity contribution in [3.63, 3.8) is 0 Å². The number of carboxylic acids is 1. The van der Waals surface area contributed by atoms with E-state index in [9.17, 15) is 9.59 Å². The number of nitrogens with one attached hydrogen (secondary N) is 1. The predicted octanol–water partition coefficient (Wildman–Crippen LogP) is 3.87. The molecule has 0 heterocycles. The molecule has 0 aliphatic heterocycles. The van der Waals surface area contributed by atoms with Crippen LogP contribution in [0.25, 0.3) is 0 Å². The number of hydrogen-bond acceptors (Lipinski definition) is 5. The third-order valence-corrected chi connectivity index (χ3v) is 4.45. The fraction of sp³-hybridized carbons (Fsp3) is 0.286. The van der Waals surface area contributed by atoms with Crippen molar-refractivity contribution >= 4 is 34.0 Å². The van der Waals surface area contributed by atoms with Gasteiger partial charge in [-0.1, -0.05) is 41.9 Å². The zero-order chi connectivity index (χ0) is 21.4. The van der Waals surface area contributed by atoms with E-state index in [2.05, 4.69) is 40.3 Å². The van der Waals surface area contributed by atoms with Crippen molar-refractivity contribution in [1.29, 1.82) is 0 Å². The van der Waals surface area contributed by atoms with E-state index in [0.717, 1.165) is 15.6 Å². The fourth-order valence-corrected chi connectivity index (χ4v) is 2.75. The van der Waals surface area contributed by atoms with E-state index in [1.54, 1.807) is 18.2 Å². The van der Waals surface area contributed by atoms with Crippen LogP contribution in [0.5, 0.6) is 11.5 Å². The molecular weight excluding hydrogens is 440 g/mol. The summed E-state index contributed by atoms with van der Waals surface area (Å²) in [4.78, 5) is 22.7. The first-order valence-electron chi connectivity index (χ1n) is 8.95. The average Bonchev–Trinajstić information content (AvgIpc) is 2.66. The maximum Gasteiger partial charge on any atom is 0.341 e. The standard InChI is InChI=1S/C21H23BrN2O5/c1-13(2)15-5-4-14(3)19(9-15)28-11-20(25)24-23-10-16-8-17(22)6-7-18(16)29-12-21(26)27/h4-10,13H,11-12H2,1-3H3,(H,24,25)(H,26,27)/b23-10+.